The van der Waals surface area contributed by atoms with E-state index in [1.54, 1.807) is 11.8 Å². The Balaban J connectivity index is 4.28. The van der Waals surface area contributed by atoms with Gasteiger partial charge in [-0.25, -0.2) is 4.79 Å². The molecule has 0 aromatic rings. The van der Waals surface area contributed by atoms with Crippen molar-refractivity contribution >= 4 is 22.9 Å². The molecule has 0 aliphatic heterocycles. The average Bonchev–Trinajstić information content (AvgIpc) is 2.10. The second-order valence-corrected chi connectivity index (χ2v) is 5.21. The molecule has 0 spiro atoms. The molecule has 5 heteroatoms. The normalized spacial score (nSPS) is 14.5. The van der Waals surface area contributed by atoms with Crippen molar-refractivity contribution in [1.82, 2.24) is 5.32 Å². The van der Waals surface area contributed by atoms with Crippen LogP contribution < -0.4 is 5.32 Å². The van der Waals surface area contributed by atoms with E-state index in [-0.39, 0.29) is 6.04 Å². The SMILES string of the molecule is CCN=C(SC)C(C)NC(=O)OC(C)(C)C. The minimum Gasteiger partial charge on any atom is -0.444 e. The summed E-state index contributed by atoms with van der Waals surface area (Å²) in [5.74, 6) is 0. The number of amides is 1. The van der Waals surface area contributed by atoms with E-state index >= 15 is 0 Å². The number of rotatable bonds is 3. The summed E-state index contributed by atoms with van der Waals surface area (Å²) in [5, 5.41) is 3.67. The van der Waals surface area contributed by atoms with E-state index in [1.807, 2.05) is 40.9 Å². The van der Waals surface area contributed by atoms with Gasteiger partial charge in [0.15, 0.2) is 0 Å². The van der Waals surface area contributed by atoms with Crippen LogP contribution in [0.4, 0.5) is 4.79 Å². The fourth-order valence-electron chi connectivity index (χ4n) is 1.08. The monoisotopic (exact) mass is 246 g/mol. The topological polar surface area (TPSA) is 50.7 Å². The standard InChI is InChI=1S/C11H22N2O2S/c1-7-12-9(16-6)8(2)13-10(14)15-11(3,4)5/h8H,7H2,1-6H3,(H,13,14). The Labute approximate surface area is 102 Å². The van der Waals surface area contributed by atoms with Gasteiger partial charge in [-0.2, -0.15) is 0 Å². The van der Waals surface area contributed by atoms with Crippen LogP contribution in [0, 0.1) is 0 Å². The van der Waals surface area contributed by atoms with E-state index in [1.165, 1.54) is 0 Å². The zero-order valence-corrected chi connectivity index (χ0v) is 11.8. The first-order valence-corrected chi connectivity index (χ1v) is 6.60. The number of hydrogen-bond donors (Lipinski definition) is 1. The van der Waals surface area contributed by atoms with Gasteiger partial charge in [0.2, 0.25) is 0 Å². The highest BCUT2D eigenvalue weighted by molar-refractivity contribution is 8.13. The number of carbonyl (C=O) groups is 1. The molecule has 0 saturated carbocycles. The number of nitrogens with zero attached hydrogens (tertiary/aromatic N) is 1. The van der Waals surface area contributed by atoms with Gasteiger partial charge in [0.05, 0.1) is 11.1 Å². The Kier molecular flexibility index (Phi) is 6.48. The summed E-state index contributed by atoms with van der Waals surface area (Å²) in [4.78, 5) is 15.8. The van der Waals surface area contributed by atoms with Crippen LogP contribution in [0.3, 0.4) is 0 Å². The van der Waals surface area contributed by atoms with Gasteiger partial charge in [0.25, 0.3) is 0 Å². The van der Waals surface area contributed by atoms with E-state index in [4.69, 9.17) is 4.74 Å². The lowest BCUT2D eigenvalue weighted by molar-refractivity contribution is 0.0522. The zero-order chi connectivity index (χ0) is 12.8. The summed E-state index contributed by atoms with van der Waals surface area (Å²) in [6.45, 7) is 10.1. The summed E-state index contributed by atoms with van der Waals surface area (Å²) in [5.41, 5.74) is -0.467. The predicted molar refractivity (Wildman–Crippen MR) is 70.3 cm³/mol. The van der Waals surface area contributed by atoms with Crippen molar-refractivity contribution in [2.45, 2.75) is 46.3 Å². The van der Waals surface area contributed by atoms with E-state index in [9.17, 15) is 4.79 Å². The molecule has 16 heavy (non-hydrogen) atoms. The fraction of sp³-hybridized carbons (Fsp3) is 0.818. The van der Waals surface area contributed by atoms with Crippen molar-refractivity contribution in [3.8, 4) is 0 Å². The third-order valence-corrected chi connectivity index (χ3v) is 2.53. The van der Waals surface area contributed by atoms with Crippen LogP contribution in [-0.2, 0) is 4.74 Å². The quantitative estimate of drug-likeness (QED) is 0.615. The first-order valence-electron chi connectivity index (χ1n) is 5.38. The maximum absolute atomic E-state index is 11.5. The van der Waals surface area contributed by atoms with Gasteiger partial charge in [0.1, 0.15) is 5.60 Å². The molecule has 1 N–H and O–H groups in total. The summed E-state index contributed by atoms with van der Waals surface area (Å²) in [6, 6.07) is -0.107. The Morgan fingerprint density at radius 2 is 2.06 bits per heavy atom. The number of aliphatic imine (C=N–C) groups is 1. The number of thioether (sulfide) groups is 1. The molecule has 0 bridgehead atoms. The van der Waals surface area contributed by atoms with Crippen LogP contribution in [0.1, 0.15) is 34.6 Å². The number of alkyl carbamates (subject to hydrolysis) is 1. The van der Waals surface area contributed by atoms with Crippen molar-refractivity contribution < 1.29 is 9.53 Å². The smallest absolute Gasteiger partial charge is 0.408 e. The zero-order valence-electron chi connectivity index (χ0n) is 11.0. The summed E-state index contributed by atoms with van der Waals surface area (Å²) in [7, 11) is 0. The molecular formula is C11H22N2O2S. The fourth-order valence-corrected chi connectivity index (χ4v) is 1.75. The van der Waals surface area contributed by atoms with Crippen molar-refractivity contribution in [3.05, 3.63) is 0 Å². The molecule has 0 saturated heterocycles. The summed E-state index contributed by atoms with van der Waals surface area (Å²) < 4.78 is 5.17. The van der Waals surface area contributed by atoms with E-state index < -0.39 is 11.7 Å². The van der Waals surface area contributed by atoms with Gasteiger partial charge in [0, 0.05) is 6.54 Å². The first-order chi connectivity index (χ1) is 7.30. The van der Waals surface area contributed by atoms with Gasteiger partial charge < -0.3 is 10.1 Å². The number of carbonyl (C=O) groups excluding carboxylic acids is 1. The molecule has 0 fully saturated rings. The van der Waals surface area contributed by atoms with Gasteiger partial charge >= 0.3 is 6.09 Å². The maximum Gasteiger partial charge on any atom is 0.408 e. The van der Waals surface area contributed by atoms with Crippen molar-refractivity contribution in [1.29, 1.82) is 0 Å². The number of hydrogen-bond acceptors (Lipinski definition) is 4. The molecule has 0 radical (unpaired) electrons. The largest absolute Gasteiger partial charge is 0.444 e. The molecule has 0 aromatic heterocycles. The van der Waals surface area contributed by atoms with Crippen LogP contribution in [-0.4, -0.2) is 35.6 Å². The first kappa shape index (κ1) is 15.3. The lowest BCUT2D eigenvalue weighted by atomic mass is 10.2. The maximum atomic E-state index is 11.5. The van der Waals surface area contributed by atoms with E-state index in [0.717, 1.165) is 11.6 Å². The Bertz CT molecular complexity index is 259. The third-order valence-electron chi connectivity index (χ3n) is 1.63. The highest BCUT2D eigenvalue weighted by atomic mass is 32.2. The van der Waals surface area contributed by atoms with E-state index in [2.05, 4.69) is 10.3 Å². The highest BCUT2D eigenvalue weighted by Gasteiger charge is 2.19. The molecule has 1 atom stereocenters. The van der Waals surface area contributed by atoms with Crippen molar-refractivity contribution in [2.75, 3.05) is 12.8 Å². The van der Waals surface area contributed by atoms with Crippen LogP contribution in [0.15, 0.2) is 4.99 Å². The van der Waals surface area contributed by atoms with Gasteiger partial charge in [-0.1, -0.05) is 0 Å². The third kappa shape index (κ3) is 6.71. The molecule has 1 amide bonds. The van der Waals surface area contributed by atoms with Crippen LogP contribution >= 0.6 is 11.8 Å². The van der Waals surface area contributed by atoms with E-state index in [0.29, 0.717) is 0 Å². The second-order valence-electron chi connectivity index (χ2n) is 4.38. The van der Waals surface area contributed by atoms with Gasteiger partial charge in [-0.15, -0.1) is 11.8 Å². The molecule has 0 aromatic carbocycles. The van der Waals surface area contributed by atoms with Gasteiger partial charge in [-0.3, -0.25) is 4.99 Å². The number of nitrogens with one attached hydrogen (secondary N) is 1. The highest BCUT2D eigenvalue weighted by Crippen LogP contribution is 2.08. The Morgan fingerprint density at radius 3 is 2.44 bits per heavy atom. The molecular weight excluding hydrogens is 224 g/mol. The number of ether oxygens (including phenoxy) is 1. The van der Waals surface area contributed by atoms with Crippen molar-refractivity contribution in [3.63, 3.8) is 0 Å². The molecule has 4 nitrogen and oxygen atoms in total. The minimum atomic E-state index is -0.467. The minimum absolute atomic E-state index is 0.107. The van der Waals surface area contributed by atoms with Crippen LogP contribution in [0.25, 0.3) is 0 Å². The van der Waals surface area contributed by atoms with Gasteiger partial charge in [-0.05, 0) is 40.9 Å². The molecule has 0 aliphatic carbocycles. The van der Waals surface area contributed by atoms with Crippen LogP contribution in [0.5, 0.6) is 0 Å². The predicted octanol–water partition coefficient (Wildman–Crippen LogP) is 2.68. The van der Waals surface area contributed by atoms with Crippen LogP contribution in [0.2, 0.25) is 0 Å². The van der Waals surface area contributed by atoms with Crippen molar-refractivity contribution in [2.24, 2.45) is 4.99 Å². The molecule has 0 aliphatic rings. The molecule has 1 unspecified atom stereocenters. The Morgan fingerprint density at radius 1 is 1.50 bits per heavy atom. The lowest BCUT2D eigenvalue weighted by Crippen LogP contribution is -2.40. The lowest BCUT2D eigenvalue weighted by Gasteiger charge is -2.22. The Hall–Kier alpha value is -0.710. The second kappa shape index (κ2) is 6.78. The molecule has 0 heterocycles. The average molecular weight is 246 g/mol. The molecule has 0 rings (SSSR count). The summed E-state index contributed by atoms with van der Waals surface area (Å²) in [6.07, 6.45) is 1.54. The summed E-state index contributed by atoms with van der Waals surface area (Å²) >= 11 is 1.54. The molecule has 94 valence electrons.